The van der Waals surface area contributed by atoms with E-state index < -0.39 is 10.0 Å². The van der Waals surface area contributed by atoms with Crippen LogP contribution in [0.1, 0.15) is 9.80 Å². The van der Waals surface area contributed by atoms with Crippen LogP contribution in [0.15, 0.2) is 47.4 Å². The summed E-state index contributed by atoms with van der Waals surface area (Å²) in [5.41, 5.74) is 1.40. The quantitative estimate of drug-likeness (QED) is 0.548. The summed E-state index contributed by atoms with van der Waals surface area (Å²) in [6, 6.07) is 12.2. The molecule has 1 amide bonds. The molecule has 0 radical (unpaired) electrons. The van der Waals surface area contributed by atoms with E-state index in [-0.39, 0.29) is 10.8 Å². The predicted molar refractivity (Wildman–Crippen MR) is 108 cm³/mol. The van der Waals surface area contributed by atoms with E-state index in [1.165, 1.54) is 42.8 Å². The summed E-state index contributed by atoms with van der Waals surface area (Å²) in [6.07, 6.45) is 0. The number of hydrogen-bond donors (Lipinski definition) is 1. The fourth-order valence-corrected chi connectivity index (χ4v) is 5.21. The van der Waals surface area contributed by atoms with Crippen molar-refractivity contribution in [1.82, 2.24) is 14.3 Å². The van der Waals surface area contributed by atoms with Gasteiger partial charge in [0.1, 0.15) is 0 Å². The van der Waals surface area contributed by atoms with Crippen LogP contribution in [-0.2, 0) is 10.0 Å². The first-order chi connectivity index (χ1) is 12.8. The maximum absolute atomic E-state index is 12.5. The molecule has 0 saturated carbocycles. The zero-order chi connectivity index (χ0) is 19.2. The molecule has 0 aliphatic rings. The Morgan fingerprint density at radius 2 is 1.74 bits per heavy atom. The van der Waals surface area contributed by atoms with Crippen LogP contribution in [0.5, 0.6) is 0 Å². The Labute approximate surface area is 163 Å². The first-order valence-corrected chi connectivity index (χ1v) is 10.9. The Kier molecular flexibility index (Phi) is 4.42. The third kappa shape index (κ3) is 3.32. The number of anilines is 1. The second-order valence-corrected chi connectivity index (χ2v) is 10.1. The molecular weight excluding hydrogens is 404 g/mol. The number of nitrogens with zero attached hydrogens (tertiary/aromatic N) is 3. The molecule has 0 aliphatic heterocycles. The SMILES string of the molecule is CN(C)S(=O)(=O)c1ccc2nc(NC(=O)c3nc4ccccc4s3)sc2c1. The van der Waals surface area contributed by atoms with Crippen molar-refractivity contribution >= 4 is 64.2 Å². The van der Waals surface area contributed by atoms with Gasteiger partial charge in [-0.2, -0.15) is 0 Å². The molecule has 0 bridgehead atoms. The Morgan fingerprint density at radius 3 is 2.48 bits per heavy atom. The summed E-state index contributed by atoms with van der Waals surface area (Å²) < 4.78 is 27.3. The van der Waals surface area contributed by atoms with Crippen LogP contribution in [0.3, 0.4) is 0 Å². The van der Waals surface area contributed by atoms with Gasteiger partial charge >= 0.3 is 0 Å². The van der Waals surface area contributed by atoms with Gasteiger partial charge in [-0.25, -0.2) is 22.7 Å². The number of benzene rings is 2. The van der Waals surface area contributed by atoms with E-state index in [1.807, 2.05) is 24.3 Å². The molecule has 138 valence electrons. The number of rotatable bonds is 4. The van der Waals surface area contributed by atoms with E-state index in [4.69, 9.17) is 0 Å². The Bertz CT molecular complexity index is 1240. The maximum atomic E-state index is 12.5. The molecule has 1 N–H and O–H groups in total. The smallest absolute Gasteiger partial charge is 0.286 e. The zero-order valence-corrected chi connectivity index (χ0v) is 16.8. The topological polar surface area (TPSA) is 92.3 Å². The number of para-hydroxylation sites is 1. The molecule has 2 heterocycles. The predicted octanol–water partition coefficient (Wildman–Crippen LogP) is 3.41. The van der Waals surface area contributed by atoms with Crippen molar-refractivity contribution in [3.8, 4) is 0 Å². The third-order valence-electron chi connectivity index (χ3n) is 3.85. The second kappa shape index (κ2) is 6.64. The van der Waals surface area contributed by atoms with Crippen molar-refractivity contribution in [2.24, 2.45) is 0 Å². The average molecular weight is 419 g/mol. The van der Waals surface area contributed by atoms with E-state index >= 15 is 0 Å². The number of aromatic nitrogens is 2. The Balaban J connectivity index is 1.63. The highest BCUT2D eigenvalue weighted by atomic mass is 32.2. The molecule has 2 aromatic carbocycles. The van der Waals surface area contributed by atoms with Gasteiger partial charge in [-0.05, 0) is 30.3 Å². The maximum Gasteiger partial charge on any atom is 0.286 e. The van der Waals surface area contributed by atoms with Crippen LogP contribution in [0, 0.1) is 0 Å². The van der Waals surface area contributed by atoms with Gasteiger partial charge in [-0.3, -0.25) is 10.1 Å². The van der Waals surface area contributed by atoms with Crippen molar-refractivity contribution in [1.29, 1.82) is 0 Å². The highest BCUT2D eigenvalue weighted by Gasteiger charge is 2.19. The molecule has 10 heteroatoms. The van der Waals surface area contributed by atoms with Gasteiger partial charge in [0.25, 0.3) is 5.91 Å². The summed E-state index contributed by atoms with van der Waals surface area (Å²) in [5, 5.41) is 3.50. The number of nitrogens with one attached hydrogen (secondary N) is 1. The van der Waals surface area contributed by atoms with Crippen LogP contribution in [0.4, 0.5) is 5.13 Å². The second-order valence-electron chi connectivity index (χ2n) is 5.88. The highest BCUT2D eigenvalue weighted by Crippen LogP contribution is 2.30. The molecule has 0 saturated heterocycles. The molecule has 2 aromatic heterocycles. The van der Waals surface area contributed by atoms with E-state index in [2.05, 4.69) is 15.3 Å². The van der Waals surface area contributed by atoms with E-state index in [0.29, 0.717) is 20.4 Å². The number of carbonyl (C=O) groups excluding carboxylic acids is 1. The molecular formula is C17H14N4O3S3. The van der Waals surface area contributed by atoms with Gasteiger partial charge in [-0.15, -0.1) is 11.3 Å². The molecule has 0 unspecified atom stereocenters. The molecule has 0 fully saturated rings. The Hall–Kier alpha value is -2.40. The lowest BCUT2D eigenvalue weighted by molar-refractivity contribution is 0.102. The standard InChI is InChI=1S/C17H14N4O3S3/c1-21(2)27(23,24)10-7-8-12-14(9-10)26-17(19-12)20-15(22)16-18-11-5-3-4-6-13(11)25-16/h3-9H,1-2H3,(H,19,20,22). The molecule has 7 nitrogen and oxygen atoms in total. The number of amides is 1. The summed E-state index contributed by atoms with van der Waals surface area (Å²) in [4.78, 5) is 21.3. The number of carbonyl (C=O) groups is 1. The van der Waals surface area contributed by atoms with Gasteiger partial charge in [0.05, 0.1) is 25.3 Å². The molecule has 0 aliphatic carbocycles. The van der Waals surface area contributed by atoms with Crippen molar-refractivity contribution in [3.63, 3.8) is 0 Å². The largest absolute Gasteiger partial charge is 0.296 e. The van der Waals surface area contributed by atoms with Crippen LogP contribution in [0.2, 0.25) is 0 Å². The van der Waals surface area contributed by atoms with E-state index in [1.54, 1.807) is 12.1 Å². The average Bonchev–Trinajstić information content (AvgIpc) is 3.24. The third-order valence-corrected chi connectivity index (χ3v) is 7.63. The molecule has 0 spiro atoms. The first-order valence-electron chi connectivity index (χ1n) is 7.84. The summed E-state index contributed by atoms with van der Waals surface area (Å²) in [5.74, 6) is -0.337. The van der Waals surface area contributed by atoms with Crippen molar-refractivity contribution in [2.45, 2.75) is 4.90 Å². The number of fused-ring (bicyclic) bond motifs is 2. The minimum atomic E-state index is -3.52. The van der Waals surface area contributed by atoms with E-state index in [9.17, 15) is 13.2 Å². The van der Waals surface area contributed by atoms with Crippen LogP contribution < -0.4 is 5.32 Å². The van der Waals surface area contributed by atoms with Gasteiger partial charge < -0.3 is 0 Å². The van der Waals surface area contributed by atoms with Crippen molar-refractivity contribution in [2.75, 3.05) is 19.4 Å². The monoisotopic (exact) mass is 418 g/mol. The lowest BCUT2D eigenvalue weighted by atomic mass is 10.3. The van der Waals surface area contributed by atoms with Gasteiger partial charge in [-0.1, -0.05) is 23.5 Å². The van der Waals surface area contributed by atoms with Crippen LogP contribution in [0.25, 0.3) is 20.4 Å². The van der Waals surface area contributed by atoms with Gasteiger partial charge in [0.15, 0.2) is 10.1 Å². The fraction of sp³-hybridized carbons (Fsp3) is 0.118. The van der Waals surface area contributed by atoms with Crippen LogP contribution in [-0.4, -0.2) is 42.7 Å². The lowest BCUT2D eigenvalue weighted by Gasteiger charge is -2.10. The molecule has 0 atom stereocenters. The molecule has 4 rings (SSSR count). The van der Waals surface area contributed by atoms with Crippen LogP contribution >= 0.6 is 22.7 Å². The van der Waals surface area contributed by atoms with Crippen molar-refractivity contribution in [3.05, 3.63) is 47.5 Å². The number of sulfonamides is 1. The molecule has 4 aromatic rings. The van der Waals surface area contributed by atoms with Gasteiger partial charge in [0.2, 0.25) is 10.0 Å². The molecule has 27 heavy (non-hydrogen) atoms. The Morgan fingerprint density at radius 1 is 1.00 bits per heavy atom. The van der Waals surface area contributed by atoms with Gasteiger partial charge in [0, 0.05) is 14.1 Å². The first kappa shape index (κ1) is 18.0. The zero-order valence-electron chi connectivity index (χ0n) is 14.3. The minimum Gasteiger partial charge on any atom is -0.296 e. The fourth-order valence-electron chi connectivity index (χ4n) is 2.45. The highest BCUT2D eigenvalue weighted by molar-refractivity contribution is 7.89. The van der Waals surface area contributed by atoms with E-state index in [0.717, 1.165) is 14.5 Å². The lowest BCUT2D eigenvalue weighted by Crippen LogP contribution is -2.22. The normalized spacial score (nSPS) is 12.1. The van der Waals surface area contributed by atoms with Crippen molar-refractivity contribution < 1.29 is 13.2 Å². The number of hydrogen-bond acceptors (Lipinski definition) is 7. The summed E-state index contributed by atoms with van der Waals surface area (Å²) in [7, 11) is -0.559. The summed E-state index contributed by atoms with van der Waals surface area (Å²) in [6.45, 7) is 0. The summed E-state index contributed by atoms with van der Waals surface area (Å²) >= 11 is 2.53. The number of thiazole rings is 2. The minimum absolute atomic E-state index is 0.188.